The smallest absolute Gasteiger partial charge is 0.270 e. The average molecular weight is 358 g/mol. The number of amides is 1. The van der Waals surface area contributed by atoms with Gasteiger partial charge in [0.15, 0.2) is 0 Å². The molecule has 0 N–H and O–H groups in total. The summed E-state index contributed by atoms with van der Waals surface area (Å²) in [6, 6.07) is 8.73. The van der Waals surface area contributed by atoms with Crippen molar-refractivity contribution in [2.45, 2.75) is 18.9 Å². The minimum atomic E-state index is -0.411. The fourth-order valence-corrected chi connectivity index (χ4v) is 4.92. The monoisotopic (exact) mass is 358 g/mol. The summed E-state index contributed by atoms with van der Waals surface area (Å²) in [5, 5.41) is 15.8. The highest BCUT2D eigenvalue weighted by atomic mass is 32.1. The quantitative estimate of drug-likeness (QED) is 0.497. The number of fused-ring (bicyclic) bond motifs is 1. The maximum absolute atomic E-state index is 12.9. The zero-order chi connectivity index (χ0) is 16.7. The Kier molecular flexibility index (Phi) is 3.82. The van der Waals surface area contributed by atoms with Crippen LogP contribution < -0.4 is 0 Å². The summed E-state index contributed by atoms with van der Waals surface area (Å²) in [5.74, 6) is 0.0209. The Morgan fingerprint density at radius 3 is 2.92 bits per heavy atom. The van der Waals surface area contributed by atoms with Gasteiger partial charge < -0.3 is 4.90 Å². The third-order valence-electron chi connectivity index (χ3n) is 4.36. The summed E-state index contributed by atoms with van der Waals surface area (Å²) in [6.45, 7) is 0.758. The van der Waals surface area contributed by atoms with Gasteiger partial charge in [-0.1, -0.05) is 0 Å². The van der Waals surface area contributed by atoms with E-state index in [-0.39, 0.29) is 17.6 Å². The van der Waals surface area contributed by atoms with Crippen LogP contribution in [0.3, 0.4) is 0 Å². The van der Waals surface area contributed by atoms with Crippen LogP contribution in [-0.2, 0) is 0 Å². The SMILES string of the molecule is O=C(c1cc2cc([N+](=O)[O-])ccc2s1)N1CCC[C@@H]1c1ccsc1. The highest BCUT2D eigenvalue weighted by Gasteiger charge is 2.31. The molecule has 3 aromatic rings. The lowest BCUT2D eigenvalue weighted by Gasteiger charge is -2.23. The lowest BCUT2D eigenvalue weighted by atomic mass is 10.1. The fourth-order valence-electron chi connectivity index (χ4n) is 3.21. The molecular weight excluding hydrogens is 344 g/mol. The highest BCUT2D eigenvalue weighted by Crippen LogP contribution is 2.36. The molecular formula is C17H14N2O3S2. The minimum Gasteiger partial charge on any atom is -0.331 e. The first-order valence-corrected chi connectivity index (χ1v) is 9.40. The number of nitrogens with zero attached hydrogens (tertiary/aromatic N) is 2. The molecule has 3 heterocycles. The van der Waals surface area contributed by atoms with Gasteiger partial charge in [0.1, 0.15) is 0 Å². The maximum Gasteiger partial charge on any atom is 0.270 e. The van der Waals surface area contributed by atoms with Gasteiger partial charge >= 0.3 is 0 Å². The van der Waals surface area contributed by atoms with Crippen LogP contribution in [-0.4, -0.2) is 22.3 Å². The predicted octanol–water partition coefficient (Wildman–Crippen LogP) is 4.85. The molecule has 2 aromatic heterocycles. The second-order valence-electron chi connectivity index (χ2n) is 5.80. The Hall–Kier alpha value is -2.25. The van der Waals surface area contributed by atoms with Gasteiger partial charge in [0, 0.05) is 28.8 Å². The fraction of sp³-hybridized carbons (Fsp3) is 0.235. The number of thiophene rings is 2. The topological polar surface area (TPSA) is 63.4 Å². The lowest BCUT2D eigenvalue weighted by molar-refractivity contribution is -0.384. The molecule has 0 saturated carbocycles. The van der Waals surface area contributed by atoms with Crippen LogP contribution in [0.1, 0.15) is 34.1 Å². The van der Waals surface area contributed by atoms with Crippen LogP contribution in [0.4, 0.5) is 5.69 Å². The number of nitro groups is 1. The molecule has 1 aliphatic rings. The molecule has 0 bridgehead atoms. The summed E-state index contributed by atoms with van der Waals surface area (Å²) in [4.78, 5) is 26.0. The first kappa shape index (κ1) is 15.3. The van der Waals surface area contributed by atoms with Gasteiger partial charge in [-0.15, -0.1) is 11.3 Å². The second kappa shape index (κ2) is 5.99. The standard InChI is InChI=1S/C17H14N2O3S2/c20-17(18-6-1-2-14(18)11-5-7-23-10-11)16-9-12-8-13(19(21)22)3-4-15(12)24-16/h3-5,7-10,14H,1-2,6H2/t14-/m1/s1. The van der Waals surface area contributed by atoms with E-state index in [9.17, 15) is 14.9 Å². The van der Waals surface area contributed by atoms with E-state index in [0.717, 1.165) is 29.5 Å². The van der Waals surface area contributed by atoms with Crippen LogP contribution in [0.5, 0.6) is 0 Å². The van der Waals surface area contributed by atoms with E-state index in [2.05, 4.69) is 11.4 Å². The molecule has 0 unspecified atom stereocenters. The zero-order valence-corrected chi connectivity index (χ0v) is 14.3. The van der Waals surface area contributed by atoms with Gasteiger partial charge in [-0.2, -0.15) is 11.3 Å². The molecule has 0 aliphatic carbocycles. The third kappa shape index (κ3) is 2.59. The average Bonchev–Trinajstić information content (AvgIpc) is 3.30. The highest BCUT2D eigenvalue weighted by molar-refractivity contribution is 7.20. The van der Waals surface area contributed by atoms with Crippen molar-refractivity contribution in [1.29, 1.82) is 0 Å². The number of hydrogen-bond donors (Lipinski definition) is 0. The number of carbonyl (C=O) groups excluding carboxylic acids is 1. The van der Waals surface area contributed by atoms with Gasteiger partial charge in [-0.05, 0) is 47.4 Å². The molecule has 0 radical (unpaired) electrons. The van der Waals surface area contributed by atoms with Crippen molar-refractivity contribution in [3.05, 3.63) is 61.6 Å². The molecule has 7 heteroatoms. The molecule has 1 aliphatic heterocycles. The van der Waals surface area contributed by atoms with E-state index in [4.69, 9.17) is 0 Å². The van der Waals surface area contributed by atoms with Crippen LogP contribution >= 0.6 is 22.7 Å². The molecule has 1 saturated heterocycles. The Bertz CT molecular complexity index is 917. The lowest BCUT2D eigenvalue weighted by Crippen LogP contribution is -2.29. The molecule has 5 nitrogen and oxygen atoms in total. The molecule has 0 spiro atoms. The molecule has 1 fully saturated rings. The molecule has 122 valence electrons. The van der Waals surface area contributed by atoms with Crippen LogP contribution in [0.15, 0.2) is 41.1 Å². The van der Waals surface area contributed by atoms with E-state index in [1.165, 1.54) is 29.0 Å². The van der Waals surface area contributed by atoms with E-state index >= 15 is 0 Å². The Morgan fingerprint density at radius 2 is 2.17 bits per heavy atom. The normalized spacial score (nSPS) is 17.5. The molecule has 1 aromatic carbocycles. The Morgan fingerprint density at radius 1 is 1.29 bits per heavy atom. The minimum absolute atomic E-state index is 0.0209. The summed E-state index contributed by atoms with van der Waals surface area (Å²) in [6.07, 6.45) is 1.99. The number of hydrogen-bond acceptors (Lipinski definition) is 5. The maximum atomic E-state index is 12.9. The number of likely N-dealkylation sites (tertiary alicyclic amines) is 1. The van der Waals surface area contributed by atoms with Gasteiger partial charge in [0.05, 0.1) is 15.8 Å². The van der Waals surface area contributed by atoms with Crippen molar-refractivity contribution in [3.63, 3.8) is 0 Å². The van der Waals surface area contributed by atoms with Crippen molar-refractivity contribution >= 4 is 44.4 Å². The summed E-state index contributed by atoms with van der Waals surface area (Å²) in [5.41, 5.74) is 1.25. The number of rotatable bonds is 3. The van der Waals surface area contributed by atoms with E-state index in [0.29, 0.717) is 4.88 Å². The molecule has 1 amide bonds. The summed E-state index contributed by atoms with van der Waals surface area (Å²) >= 11 is 3.05. The number of nitro benzene ring substituents is 1. The van der Waals surface area contributed by atoms with Crippen molar-refractivity contribution in [2.24, 2.45) is 0 Å². The molecule has 4 rings (SSSR count). The number of benzene rings is 1. The number of carbonyl (C=O) groups is 1. The van der Waals surface area contributed by atoms with Crippen LogP contribution in [0, 0.1) is 10.1 Å². The zero-order valence-electron chi connectivity index (χ0n) is 12.7. The van der Waals surface area contributed by atoms with E-state index in [1.54, 1.807) is 23.5 Å². The third-order valence-corrected chi connectivity index (χ3v) is 6.17. The van der Waals surface area contributed by atoms with Gasteiger partial charge in [0.2, 0.25) is 0 Å². The first-order chi connectivity index (χ1) is 11.6. The van der Waals surface area contributed by atoms with Gasteiger partial charge in [-0.25, -0.2) is 0 Å². The Labute approximate surface area is 146 Å². The second-order valence-corrected chi connectivity index (χ2v) is 7.67. The van der Waals surface area contributed by atoms with Crippen molar-refractivity contribution < 1.29 is 9.72 Å². The van der Waals surface area contributed by atoms with Crippen LogP contribution in [0.25, 0.3) is 10.1 Å². The summed E-state index contributed by atoms with van der Waals surface area (Å²) in [7, 11) is 0. The van der Waals surface area contributed by atoms with Crippen molar-refractivity contribution in [3.8, 4) is 0 Å². The van der Waals surface area contributed by atoms with Gasteiger partial charge in [0.25, 0.3) is 11.6 Å². The van der Waals surface area contributed by atoms with Crippen LogP contribution in [0.2, 0.25) is 0 Å². The van der Waals surface area contributed by atoms with Crippen molar-refractivity contribution in [1.82, 2.24) is 4.90 Å². The first-order valence-electron chi connectivity index (χ1n) is 7.64. The summed E-state index contributed by atoms with van der Waals surface area (Å²) < 4.78 is 0.898. The Balaban J connectivity index is 1.66. The van der Waals surface area contributed by atoms with Crippen molar-refractivity contribution in [2.75, 3.05) is 6.54 Å². The largest absolute Gasteiger partial charge is 0.331 e. The van der Waals surface area contributed by atoms with E-state index in [1.807, 2.05) is 10.3 Å². The van der Waals surface area contributed by atoms with E-state index < -0.39 is 4.92 Å². The number of non-ortho nitro benzene ring substituents is 1. The van der Waals surface area contributed by atoms with Gasteiger partial charge in [-0.3, -0.25) is 14.9 Å². The molecule has 1 atom stereocenters. The predicted molar refractivity (Wildman–Crippen MR) is 95.8 cm³/mol. The molecule has 24 heavy (non-hydrogen) atoms.